The Kier molecular flexibility index (Phi) is 7.41. The molecule has 0 atom stereocenters. The fraction of sp³-hybridized carbons (Fsp3) is 0.571. The predicted molar refractivity (Wildman–Crippen MR) is 86.5 cm³/mol. The van der Waals surface area contributed by atoms with Gasteiger partial charge in [0.05, 0.1) is 7.11 Å². The van der Waals surface area contributed by atoms with Crippen LogP contribution in [0.25, 0.3) is 0 Å². The molecule has 0 fully saturated rings. The molecule has 118 valence electrons. The van der Waals surface area contributed by atoms with Gasteiger partial charge < -0.3 is 14.5 Å². The highest BCUT2D eigenvalue weighted by Gasteiger charge is 2.21. The van der Waals surface area contributed by atoms with Crippen LogP contribution in [0.15, 0.2) is 18.2 Å². The Morgan fingerprint density at radius 3 is 2.57 bits per heavy atom. The Bertz CT molecular complexity index is 436. The highest BCUT2D eigenvalue weighted by Crippen LogP contribution is 2.10. The predicted octanol–water partition coefficient (Wildman–Crippen LogP) is 1.95. The van der Waals surface area contributed by atoms with E-state index in [0.717, 1.165) is 11.6 Å². The van der Waals surface area contributed by atoms with Crippen molar-refractivity contribution in [3.63, 3.8) is 0 Å². The summed E-state index contributed by atoms with van der Waals surface area (Å²) in [6, 6.07) is 6.46. The molecule has 0 amide bonds. The fourth-order valence-corrected chi connectivity index (χ4v) is 2.38. The van der Waals surface area contributed by atoms with Gasteiger partial charge in [0.15, 0.2) is 6.79 Å². The largest absolute Gasteiger partial charge is 0.523 e. The number of methoxy groups -OCH3 is 1. The first-order chi connectivity index (χ1) is 9.83. The Hall–Kier alpha value is -0.858. The van der Waals surface area contributed by atoms with Gasteiger partial charge in [0, 0.05) is 14.7 Å². The van der Waals surface area contributed by atoms with E-state index in [4.69, 9.17) is 19.2 Å². The molecule has 1 aromatic carbocycles. The minimum atomic E-state index is -1.17. The summed E-state index contributed by atoms with van der Waals surface area (Å²) in [5.74, 6) is 0.657. The third-order valence-electron chi connectivity index (χ3n) is 3.04. The van der Waals surface area contributed by atoms with E-state index in [1.807, 2.05) is 19.1 Å². The van der Waals surface area contributed by atoms with Gasteiger partial charge in [-0.2, -0.15) is 0 Å². The van der Waals surface area contributed by atoms with Crippen molar-refractivity contribution in [1.29, 1.82) is 0 Å². The van der Waals surface area contributed by atoms with E-state index < -0.39 is 15.2 Å². The first-order valence-electron chi connectivity index (χ1n) is 7.02. The number of ether oxygens (including phenoxy) is 2. The van der Waals surface area contributed by atoms with E-state index in [0.29, 0.717) is 17.8 Å². The zero-order chi connectivity index (χ0) is 15.9. The van der Waals surface area contributed by atoms with Gasteiger partial charge in [-0.05, 0) is 30.6 Å². The van der Waals surface area contributed by atoms with Crippen LogP contribution in [0, 0.1) is 6.92 Å². The molecule has 0 aliphatic carbocycles. The average Bonchev–Trinajstić information content (AvgIpc) is 2.41. The molecule has 0 saturated heterocycles. The van der Waals surface area contributed by atoms with Crippen molar-refractivity contribution >= 4 is 20.7 Å². The van der Waals surface area contributed by atoms with Crippen LogP contribution < -0.4 is 10.2 Å². The van der Waals surface area contributed by atoms with Gasteiger partial charge in [0.2, 0.25) is 0 Å². The Labute approximate surface area is 128 Å². The lowest BCUT2D eigenvalue weighted by atomic mass is 9.77. The van der Waals surface area contributed by atoms with Crippen molar-refractivity contribution in [2.75, 3.05) is 20.5 Å². The molecule has 0 aromatic heterocycles. The van der Waals surface area contributed by atoms with Crippen molar-refractivity contribution in [2.24, 2.45) is 0 Å². The van der Waals surface area contributed by atoms with Crippen molar-refractivity contribution < 1.29 is 24.2 Å². The molecule has 0 spiro atoms. The first kappa shape index (κ1) is 18.2. The minimum Gasteiger partial charge on any atom is -0.497 e. The van der Waals surface area contributed by atoms with Crippen molar-refractivity contribution in [3.8, 4) is 5.75 Å². The summed E-state index contributed by atoms with van der Waals surface area (Å²) in [7, 11) is -0.687. The summed E-state index contributed by atoms with van der Waals surface area (Å²) in [5.41, 5.74) is 1.50. The molecule has 1 aromatic rings. The van der Waals surface area contributed by atoms with Crippen LogP contribution in [0.4, 0.5) is 0 Å². The van der Waals surface area contributed by atoms with Crippen molar-refractivity contribution in [1.82, 2.24) is 0 Å². The molecule has 0 saturated carbocycles. The van der Waals surface area contributed by atoms with E-state index in [-0.39, 0.29) is 6.79 Å². The highest BCUT2D eigenvalue weighted by atomic mass is 28.3. The topological polar surface area (TPSA) is 57.2 Å². The molecule has 1 rings (SSSR count). The van der Waals surface area contributed by atoms with Crippen LogP contribution in [-0.2, 0) is 14.4 Å². The molecule has 0 aliphatic rings. The zero-order valence-electron chi connectivity index (χ0n) is 13.5. The maximum absolute atomic E-state index is 9.96. The summed E-state index contributed by atoms with van der Waals surface area (Å²) in [6.45, 7) is 9.37. The van der Waals surface area contributed by atoms with E-state index >= 15 is 0 Å². The summed E-state index contributed by atoms with van der Waals surface area (Å²) in [4.78, 5) is 9.82. The number of aryl methyl sites for hydroxylation is 1. The number of hydrogen-bond acceptors (Lipinski definition) is 5. The molecule has 0 radical (unpaired) electrons. The Morgan fingerprint density at radius 2 is 1.95 bits per heavy atom. The number of benzene rings is 1. The van der Waals surface area contributed by atoms with Gasteiger partial charge in [-0.1, -0.05) is 31.3 Å². The smallest absolute Gasteiger partial charge is 0.497 e. The SMILES string of the molecule is COc1ccc(C)c(B(O)OOCOCC[Si](C)(C)C)c1. The fourth-order valence-electron chi connectivity index (χ4n) is 1.63. The van der Waals surface area contributed by atoms with E-state index in [1.54, 1.807) is 13.2 Å². The van der Waals surface area contributed by atoms with Crippen LogP contribution in [0.2, 0.25) is 25.7 Å². The van der Waals surface area contributed by atoms with Crippen LogP contribution in [0.1, 0.15) is 5.56 Å². The minimum absolute atomic E-state index is 0.00452. The molecular weight excluding hydrogens is 287 g/mol. The molecule has 0 unspecified atom stereocenters. The summed E-state index contributed by atoms with van der Waals surface area (Å²) in [5, 5.41) is 9.96. The van der Waals surface area contributed by atoms with Crippen LogP contribution in [0.5, 0.6) is 5.75 Å². The molecule has 7 heteroatoms. The number of hydrogen-bond donors (Lipinski definition) is 1. The molecule has 5 nitrogen and oxygen atoms in total. The third-order valence-corrected chi connectivity index (χ3v) is 4.74. The third kappa shape index (κ3) is 7.10. The van der Waals surface area contributed by atoms with Crippen LogP contribution in [0.3, 0.4) is 0 Å². The maximum Gasteiger partial charge on any atom is 0.523 e. The van der Waals surface area contributed by atoms with Gasteiger partial charge in [0.25, 0.3) is 0 Å². The van der Waals surface area contributed by atoms with Crippen LogP contribution in [-0.4, -0.2) is 40.7 Å². The van der Waals surface area contributed by atoms with Gasteiger partial charge in [-0.25, -0.2) is 4.89 Å². The molecule has 0 heterocycles. The maximum atomic E-state index is 9.96. The quantitative estimate of drug-likeness (QED) is 0.248. The molecule has 0 bridgehead atoms. The van der Waals surface area contributed by atoms with Gasteiger partial charge in [-0.3, -0.25) is 4.81 Å². The lowest BCUT2D eigenvalue weighted by Gasteiger charge is -2.15. The molecule has 0 aliphatic heterocycles. The van der Waals surface area contributed by atoms with E-state index in [2.05, 4.69) is 19.6 Å². The summed E-state index contributed by atoms with van der Waals surface area (Å²) >= 11 is 0. The lowest BCUT2D eigenvalue weighted by molar-refractivity contribution is -0.276. The second kappa shape index (κ2) is 8.55. The Morgan fingerprint density at radius 1 is 1.24 bits per heavy atom. The highest BCUT2D eigenvalue weighted by molar-refractivity contribution is 6.76. The molecule has 21 heavy (non-hydrogen) atoms. The first-order valence-corrected chi connectivity index (χ1v) is 10.7. The van der Waals surface area contributed by atoms with E-state index in [9.17, 15) is 5.02 Å². The monoisotopic (exact) mass is 312 g/mol. The van der Waals surface area contributed by atoms with Crippen LogP contribution >= 0.6 is 0 Å². The number of rotatable bonds is 9. The summed E-state index contributed by atoms with van der Waals surface area (Å²) < 4.78 is 10.4. The normalized spacial score (nSPS) is 11.5. The van der Waals surface area contributed by atoms with Crippen molar-refractivity contribution in [3.05, 3.63) is 23.8 Å². The van der Waals surface area contributed by atoms with Gasteiger partial charge >= 0.3 is 7.12 Å². The average molecular weight is 312 g/mol. The second-order valence-corrected chi connectivity index (χ2v) is 11.7. The Balaban J connectivity index is 2.32. The second-order valence-electron chi connectivity index (χ2n) is 6.13. The molecular formula is C14H25BO5Si. The zero-order valence-corrected chi connectivity index (χ0v) is 14.5. The van der Waals surface area contributed by atoms with E-state index in [1.165, 1.54) is 0 Å². The lowest BCUT2D eigenvalue weighted by Crippen LogP contribution is -2.36. The van der Waals surface area contributed by atoms with Crippen molar-refractivity contribution in [2.45, 2.75) is 32.6 Å². The van der Waals surface area contributed by atoms with Gasteiger partial charge in [0.1, 0.15) is 5.75 Å². The van der Waals surface area contributed by atoms with Gasteiger partial charge in [-0.15, -0.1) is 0 Å². The molecule has 1 N–H and O–H groups in total. The standard InChI is InChI=1S/C14H25BO5Si/c1-12-6-7-13(17-2)10-14(12)15(16)20-19-11-18-8-9-21(3,4)5/h6-7,10,16H,8-9,11H2,1-5H3. The summed E-state index contributed by atoms with van der Waals surface area (Å²) in [6.07, 6.45) is 0.